The molecule has 0 aliphatic carbocycles. The number of hydrogen-bond donors (Lipinski definition) is 2. The van der Waals surface area contributed by atoms with Gasteiger partial charge in [0.15, 0.2) is 0 Å². The third kappa shape index (κ3) is 4.81. The van der Waals surface area contributed by atoms with Crippen molar-refractivity contribution in [2.45, 2.75) is 32.9 Å². The Bertz CT molecular complexity index is 1250. The van der Waals surface area contributed by atoms with E-state index in [1.165, 1.54) is 5.69 Å². The lowest BCUT2D eigenvalue weighted by atomic mass is 10.1. The molecular weight excluding hydrogens is 497 g/mol. The van der Waals surface area contributed by atoms with Gasteiger partial charge in [-0.05, 0) is 57.2 Å². The number of nitrogens with one attached hydrogen (secondary N) is 2. The third-order valence-corrected chi connectivity index (χ3v) is 7.11. The SMILES string of the molecule is CC(C)N1CN(c2c(Cl)cccc2Cl)C(=O)c2cnc(Nc3ccc(N4CCN[C@H](C)C4)cc3)nc21. The third-order valence-electron chi connectivity index (χ3n) is 6.50. The summed E-state index contributed by atoms with van der Waals surface area (Å²) in [4.78, 5) is 28.6. The van der Waals surface area contributed by atoms with Gasteiger partial charge in [-0.25, -0.2) is 4.98 Å². The number of aromatic nitrogens is 2. The van der Waals surface area contributed by atoms with E-state index in [0.29, 0.717) is 39.1 Å². The van der Waals surface area contributed by atoms with Gasteiger partial charge in [-0.1, -0.05) is 29.3 Å². The fourth-order valence-corrected chi connectivity index (χ4v) is 5.21. The Labute approximate surface area is 221 Å². The molecule has 8 nitrogen and oxygen atoms in total. The second-order valence-electron chi connectivity index (χ2n) is 9.41. The molecule has 2 aromatic carbocycles. The molecule has 1 saturated heterocycles. The minimum atomic E-state index is -0.238. The highest BCUT2D eigenvalue weighted by molar-refractivity contribution is 6.40. The minimum absolute atomic E-state index is 0.0732. The van der Waals surface area contributed by atoms with Crippen molar-refractivity contribution in [1.82, 2.24) is 15.3 Å². The number of para-hydroxylation sites is 1. The van der Waals surface area contributed by atoms with Crippen LogP contribution in [0, 0.1) is 0 Å². The molecule has 0 bridgehead atoms. The Morgan fingerprint density at radius 1 is 1.11 bits per heavy atom. The molecular formula is C26H29Cl2N7O. The summed E-state index contributed by atoms with van der Waals surface area (Å²) in [5, 5.41) is 7.58. The number of hydrogen-bond acceptors (Lipinski definition) is 7. The molecule has 2 aliphatic rings. The maximum atomic E-state index is 13.4. The van der Waals surface area contributed by atoms with E-state index in [4.69, 9.17) is 28.2 Å². The molecule has 2 N–H and O–H groups in total. The van der Waals surface area contributed by atoms with E-state index in [0.717, 1.165) is 25.3 Å². The van der Waals surface area contributed by atoms with Crippen molar-refractivity contribution in [2.75, 3.05) is 46.3 Å². The molecule has 5 rings (SSSR count). The molecule has 3 heterocycles. The Morgan fingerprint density at radius 3 is 2.50 bits per heavy atom. The first-order valence-electron chi connectivity index (χ1n) is 12.1. The van der Waals surface area contributed by atoms with Gasteiger partial charge in [-0.15, -0.1) is 0 Å². The summed E-state index contributed by atoms with van der Waals surface area (Å²) in [5.41, 5.74) is 2.96. The summed E-state index contributed by atoms with van der Waals surface area (Å²) < 4.78 is 0. The topological polar surface area (TPSA) is 76.6 Å². The van der Waals surface area contributed by atoms with E-state index in [-0.39, 0.29) is 18.6 Å². The Kier molecular flexibility index (Phi) is 6.92. The zero-order chi connectivity index (χ0) is 25.4. The van der Waals surface area contributed by atoms with Crippen molar-refractivity contribution in [3.8, 4) is 0 Å². The van der Waals surface area contributed by atoms with Crippen LogP contribution in [0.2, 0.25) is 10.0 Å². The standard InChI is InChI=1S/C26H29Cl2N7O/c1-16(2)34-15-35(23-21(27)5-4-6-22(23)28)25(36)20-13-30-26(32-24(20)34)31-18-7-9-19(10-8-18)33-12-11-29-17(3)14-33/h4-10,13,16-17,29H,11-12,14-15H2,1-3H3,(H,30,31,32)/t17-/m1/s1. The molecule has 1 amide bonds. The van der Waals surface area contributed by atoms with Crippen LogP contribution in [0.3, 0.4) is 0 Å². The van der Waals surface area contributed by atoms with E-state index < -0.39 is 0 Å². The molecule has 188 valence electrons. The molecule has 1 atom stereocenters. The van der Waals surface area contributed by atoms with E-state index in [9.17, 15) is 4.79 Å². The highest BCUT2D eigenvalue weighted by atomic mass is 35.5. The van der Waals surface area contributed by atoms with Gasteiger partial charge in [0.05, 0.1) is 22.4 Å². The average Bonchev–Trinajstić information content (AvgIpc) is 2.85. The van der Waals surface area contributed by atoms with Crippen molar-refractivity contribution in [3.05, 3.63) is 64.3 Å². The summed E-state index contributed by atoms with van der Waals surface area (Å²) in [7, 11) is 0. The van der Waals surface area contributed by atoms with Crippen LogP contribution in [-0.2, 0) is 0 Å². The van der Waals surface area contributed by atoms with Crippen molar-refractivity contribution in [2.24, 2.45) is 0 Å². The monoisotopic (exact) mass is 525 g/mol. The number of fused-ring (bicyclic) bond motifs is 1. The highest BCUT2D eigenvalue weighted by Gasteiger charge is 2.35. The van der Waals surface area contributed by atoms with Gasteiger partial charge in [-0.2, -0.15) is 4.98 Å². The number of carbonyl (C=O) groups is 1. The first-order chi connectivity index (χ1) is 17.3. The zero-order valence-corrected chi connectivity index (χ0v) is 22.0. The number of anilines is 5. The Hall–Kier alpha value is -3.07. The van der Waals surface area contributed by atoms with Gasteiger partial charge in [0.25, 0.3) is 5.91 Å². The summed E-state index contributed by atoms with van der Waals surface area (Å²) >= 11 is 12.8. The minimum Gasteiger partial charge on any atom is -0.369 e. The van der Waals surface area contributed by atoms with Gasteiger partial charge >= 0.3 is 0 Å². The van der Waals surface area contributed by atoms with Crippen LogP contribution in [0.25, 0.3) is 0 Å². The van der Waals surface area contributed by atoms with Crippen LogP contribution in [0.1, 0.15) is 31.1 Å². The van der Waals surface area contributed by atoms with Crippen molar-refractivity contribution >= 4 is 57.9 Å². The molecule has 36 heavy (non-hydrogen) atoms. The Balaban J connectivity index is 1.40. The molecule has 3 aromatic rings. The van der Waals surface area contributed by atoms with Crippen LogP contribution in [0.15, 0.2) is 48.7 Å². The summed E-state index contributed by atoms with van der Waals surface area (Å²) in [5.74, 6) is 0.774. The first kappa shape index (κ1) is 24.6. The van der Waals surface area contributed by atoms with Crippen molar-refractivity contribution in [3.63, 3.8) is 0 Å². The molecule has 0 unspecified atom stereocenters. The number of carbonyl (C=O) groups excluding carboxylic acids is 1. The number of benzene rings is 2. The summed E-state index contributed by atoms with van der Waals surface area (Å²) in [6, 6.07) is 14.0. The van der Waals surface area contributed by atoms with Crippen molar-refractivity contribution < 1.29 is 4.79 Å². The van der Waals surface area contributed by atoms with Gasteiger partial charge in [0.1, 0.15) is 11.4 Å². The van der Waals surface area contributed by atoms with Gasteiger partial charge in [0.2, 0.25) is 5.95 Å². The molecule has 0 radical (unpaired) electrons. The van der Waals surface area contributed by atoms with Gasteiger partial charge in [0, 0.05) is 49.3 Å². The number of piperazine rings is 1. The number of nitrogens with zero attached hydrogens (tertiary/aromatic N) is 5. The lowest BCUT2D eigenvalue weighted by molar-refractivity contribution is 0.0980. The van der Waals surface area contributed by atoms with Crippen LogP contribution in [0.4, 0.5) is 28.8 Å². The van der Waals surface area contributed by atoms with Gasteiger partial charge < -0.3 is 20.4 Å². The predicted molar refractivity (Wildman–Crippen MR) is 147 cm³/mol. The van der Waals surface area contributed by atoms with E-state index in [1.54, 1.807) is 29.3 Å². The van der Waals surface area contributed by atoms with Gasteiger partial charge in [-0.3, -0.25) is 9.69 Å². The molecule has 0 spiro atoms. The lowest BCUT2D eigenvalue weighted by Crippen LogP contribution is -2.50. The largest absolute Gasteiger partial charge is 0.369 e. The second kappa shape index (κ2) is 10.1. The highest BCUT2D eigenvalue weighted by Crippen LogP contribution is 2.38. The normalized spacial score (nSPS) is 18.0. The Morgan fingerprint density at radius 2 is 1.83 bits per heavy atom. The van der Waals surface area contributed by atoms with E-state index in [1.807, 2.05) is 17.0 Å². The smallest absolute Gasteiger partial charge is 0.265 e. The first-order valence-corrected chi connectivity index (χ1v) is 12.8. The number of halogens is 2. The van der Waals surface area contributed by atoms with Crippen molar-refractivity contribution in [1.29, 1.82) is 0 Å². The maximum absolute atomic E-state index is 13.4. The van der Waals surface area contributed by atoms with Crippen LogP contribution in [0.5, 0.6) is 0 Å². The maximum Gasteiger partial charge on any atom is 0.265 e. The molecule has 1 fully saturated rings. The predicted octanol–water partition coefficient (Wildman–Crippen LogP) is 5.16. The van der Waals surface area contributed by atoms with E-state index >= 15 is 0 Å². The van der Waals surface area contributed by atoms with E-state index in [2.05, 4.69) is 53.4 Å². The number of amides is 1. The molecule has 0 saturated carbocycles. The van der Waals surface area contributed by atoms with Crippen LogP contribution in [-0.4, -0.2) is 54.3 Å². The molecule has 2 aliphatic heterocycles. The lowest BCUT2D eigenvalue weighted by Gasteiger charge is -2.39. The zero-order valence-electron chi connectivity index (χ0n) is 20.5. The quantitative estimate of drug-likeness (QED) is 0.476. The fourth-order valence-electron chi connectivity index (χ4n) is 4.61. The average molecular weight is 526 g/mol. The summed E-state index contributed by atoms with van der Waals surface area (Å²) in [6.07, 6.45) is 1.57. The van der Waals surface area contributed by atoms with Crippen LogP contribution < -0.4 is 25.3 Å². The fraction of sp³-hybridized carbons (Fsp3) is 0.346. The second-order valence-corrected chi connectivity index (χ2v) is 10.2. The van der Waals surface area contributed by atoms with Crippen LogP contribution >= 0.6 is 23.2 Å². The molecule has 10 heteroatoms. The number of rotatable bonds is 5. The summed E-state index contributed by atoms with van der Waals surface area (Å²) in [6.45, 7) is 9.53. The molecule has 1 aromatic heterocycles.